The number of benzene rings is 2. The van der Waals surface area contributed by atoms with Gasteiger partial charge in [0.15, 0.2) is 5.58 Å². The van der Waals surface area contributed by atoms with Gasteiger partial charge < -0.3 is 10.2 Å². The zero-order chi connectivity index (χ0) is 21.9. The molecule has 0 atom stereocenters. The Kier molecular flexibility index (Phi) is 5.07. The van der Waals surface area contributed by atoms with Crippen molar-refractivity contribution in [1.29, 1.82) is 0 Å². The van der Waals surface area contributed by atoms with Gasteiger partial charge in [0, 0.05) is 29.8 Å². The fourth-order valence-corrected chi connectivity index (χ4v) is 4.61. The molecule has 33 heavy (non-hydrogen) atoms. The van der Waals surface area contributed by atoms with Gasteiger partial charge in [-0.25, -0.2) is 0 Å². The molecule has 6 rings (SSSR count). The Morgan fingerprint density at radius 1 is 1.00 bits per heavy atom. The van der Waals surface area contributed by atoms with E-state index in [1.54, 1.807) is 17.1 Å². The molecule has 1 aliphatic carbocycles. The number of aryl methyl sites for hydroxylation is 1. The first-order valence-corrected chi connectivity index (χ1v) is 10.8. The van der Waals surface area contributed by atoms with E-state index in [2.05, 4.69) is 10.1 Å². The smallest absolute Gasteiger partial charge is 0.201 e. The molecular formula is C26H23ClN4O2. The molecule has 0 radical (unpaired) electrons. The highest BCUT2D eigenvalue weighted by Crippen LogP contribution is 2.39. The summed E-state index contributed by atoms with van der Waals surface area (Å²) < 4.78 is 8.22. The molecule has 7 heteroatoms. The minimum atomic E-state index is -0.347. The fraction of sp³-hybridized carbons (Fsp3) is 0.192. The zero-order valence-electron chi connectivity index (χ0n) is 18.1. The number of rotatable bonds is 3. The van der Waals surface area contributed by atoms with Crippen LogP contribution in [0.1, 0.15) is 25.0 Å². The molecule has 0 saturated heterocycles. The van der Waals surface area contributed by atoms with E-state index >= 15 is 0 Å². The summed E-state index contributed by atoms with van der Waals surface area (Å²) in [5, 5.41) is 5.79. The van der Waals surface area contributed by atoms with Crippen molar-refractivity contribution in [1.82, 2.24) is 14.8 Å². The van der Waals surface area contributed by atoms with Gasteiger partial charge in [0.2, 0.25) is 5.43 Å². The van der Waals surface area contributed by atoms with Crippen LogP contribution in [0, 0.1) is 0 Å². The average molecular weight is 459 g/mol. The molecule has 0 amide bonds. The topological polar surface area (TPSA) is 86.9 Å². The fourth-order valence-electron chi connectivity index (χ4n) is 4.61. The Hall–Kier alpha value is -3.48. The van der Waals surface area contributed by atoms with Gasteiger partial charge in [-0.15, -0.1) is 12.4 Å². The first kappa shape index (κ1) is 21.4. The maximum Gasteiger partial charge on any atom is 0.201 e. The lowest BCUT2D eigenvalue weighted by atomic mass is 9.75. The van der Waals surface area contributed by atoms with E-state index in [9.17, 15) is 4.79 Å². The van der Waals surface area contributed by atoms with Crippen LogP contribution in [-0.2, 0) is 12.6 Å². The molecule has 0 bridgehead atoms. The van der Waals surface area contributed by atoms with Gasteiger partial charge in [-0.1, -0.05) is 42.5 Å². The van der Waals surface area contributed by atoms with Crippen molar-refractivity contribution in [2.24, 2.45) is 12.8 Å². The highest BCUT2D eigenvalue weighted by atomic mass is 35.5. The molecule has 2 aromatic carbocycles. The van der Waals surface area contributed by atoms with Gasteiger partial charge in [0.25, 0.3) is 0 Å². The van der Waals surface area contributed by atoms with E-state index in [-0.39, 0.29) is 23.4 Å². The maximum absolute atomic E-state index is 13.8. The molecule has 166 valence electrons. The van der Waals surface area contributed by atoms with Crippen LogP contribution in [0.2, 0.25) is 0 Å². The van der Waals surface area contributed by atoms with Gasteiger partial charge in [-0.3, -0.25) is 14.5 Å². The molecule has 0 unspecified atom stereocenters. The third-order valence-corrected chi connectivity index (χ3v) is 6.60. The molecule has 0 aliphatic heterocycles. The van der Waals surface area contributed by atoms with Crippen molar-refractivity contribution >= 4 is 34.3 Å². The Labute approximate surface area is 196 Å². The number of hydrogen-bond acceptors (Lipinski definition) is 5. The third kappa shape index (κ3) is 3.25. The first-order chi connectivity index (χ1) is 15.5. The van der Waals surface area contributed by atoms with Crippen molar-refractivity contribution in [3.63, 3.8) is 0 Å². The number of aromatic nitrogens is 3. The summed E-state index contributed by atoms with van der Waals surface area (Å²) in [5.41, 5.74) is 10.3. The van der Waals surface area contributed by atoms with Crippen molar-refractivity contribution in [3.8, 4) is 22.5 Å². The Bertz CT molecular complexity index is 1530. The van der Waals surface area contributed by atoms with E-state index < -0.39 is 0 Å². The van der Waals surface area contributed by atoms with E-state index in [0.717, 1.165) is 47.0 Å². The van der Waals surface area contributed by atoms with Crippen molar-refractivity contribution in [2.45, 2.75) is 24.8 Å². The molecule has 1 saturated carbocycles. The van der Waals surface area contributed by atoms with Gasteiger partial charge in [-0.05, 0) is 31.4 Å². The second kappa shape index (κ2) is 7.83. The van der Waals surface area contributed by atoms with Crippen LogP contribution in [0.15, 0.2) is 76.2 Å². The second-order valence-electron chi connectivity index (χ2n) is 8.59. The summed E-state index contributed by atoms with van der Waals surface area (Å²) in [5.74, 6) is 0.525. The van der Waals surface area contributed by atoms with Crippen molar-refractivity contribution in [2.75, 3.05) is 0 Å². The lowest BCUT2D eigenvalue weighted by molar-refractivity contribution is 0.246. The number of fused-ring (bicyclic) bond motifs is 3. The summed E-state index contributed by atoms with van der Waals surface area (Å²) in [6.45, 7) is 0. The zero-order valence-corrected chi connectivity index (χ0v) is 18.9. The van der Waals surface area contributed by atoms with E-state index in [1.807, 2.05) is 61.6 Å². The first-order valence-electron chi connectivity index (χ1n) is 10.8. The molecule has 5 aromatic rings. The third-order valence-electron chi connectivity index (χ3n) is 6.60. The van der Waals surface area contributed by atoms with Crippen LogP contribution in [0.3, 0.4) is 0 Å². The number of pyridine rings is 1. The van der Waals surface area contributed by atoms with Gasteiger partial charge >= 0.3 is 0 Å². The highest BCUT2D eigenvalue weighted by molar-refractivity contribution is 6.04. The molecule has 0 spiro atoms. The monoisotopic (exact) mass is 458 g/mol. The predicted molar refractivity (Wildman–Crippen MR) is 132 cm³/mol. The Morgan fingerprint density at radius 2 is 1.79 bits per heavy atom. The van der Waals surface area contributed by atoms with Crippen LogP contribution in [0.4, 0.5) is 0 Å². The minimum absolute atomic E-state index is 0. The predicted octanol–water partition coefficient (Wildman–Crippen LogP) is 5.17. The number of hydrogen-bond donors (Lipinski definition) is 1. The normalized spacial score (nSPS) is 14.7. The molecule has 3 aromatic heterocycles. The number of nitrogens with zero attached hydrogens (tertiary/aromatic N) is 3. The van der Waals surface area contributed by atoms with Gasteiger partial charge in [0.05, 0.1) is 28.4 Å². The van der Waals surface area contributed by atoms with Crippen LogP contribution in [-0.4, -0.2) is 14.8 Å². The van der Waals surface area contributed by atoms with Crippen molar-refractivity contribution < 1.29 is 4.42 Å². The number of nitrogens with two attached hydrogens (primary N) is 1. The van der Waals surface area contributed by atoms with Crippen LogP contribution in [0.5, 0.6) is 0 Å². The SMILES string of the molecule is Cl.Cn1ncc2ccc3c(=O)c(-c4ccc(C5(N)CCC5)nc4)c(-c4ccccc4)oc3c21. The van der Waals surface area contributed by atoms with Gasteiger partial charge in [0.1, 0.15) is 11.3 Å². The molecule has 3 heterocycles. The second-order valence-corrected chi connectivity index (χ2v) is 8.59. The van der Waals surface area contributed by atoms with E-state index in [1.165, 1.54) is 0 Å². The lowest BCUT2D eigenvalue weighted by Gasteiger charge is -2.37. The van der Waals surface area contributed by atoms with E-state index in [4.69, 9.17) is 10.2 Å². The standard InChI is InChI=1S/C26H22N4O2.ClH/c1-30-22-18(15-29-30)8-10-19-23(31)21(24(32-25(19)22)16-6-3-2-4-7-16)17-9-11-20(28-14-17)26(27)12-5-13-26;/h2-4,6-11,14-15H,5,12-13,27H2,1H3;1H. The Morgan fingerprint density at radius 3 is 2.45 bits per heavy atom. The highest BCUT2D eigenvalue weighted by Gasteiger charge is 2.35. The molecule has 1 aliphatic rings. The molecule has 6 nitrogen and oxygen atoms in total. The van der Waals surface area contributed by atoms with Gasteiger partial charge in [-0.2, -0.15) is 5.10 Å². The average Bonchev–Trinajstić information content (AvgIpc) is 3.19. The largest absolute Gasteiger partial charge is 0.453 e. The summed E-state index contributed by atoms with van der Waals surface area (Å²) in [7, 11) is 1.85. The Balaban J connectivity index is 0.00000228. The molecule has 2 N–H and O–H groups in total. The van der Waals surface area contributed by atoms with Crippen LogP contribution < -0.4 is 11.2 Å². The maximum atomic E-state index is 13.8. The lowest BCUT2D eigenvalue weighted by Crippen LogP contribution is -2.43. The minimum Gasteiger partial charge on any atom is -0.453 e. The summed E-state index contributed by atoms with van der Waals surface area (Å²) >= 11 is 0. The summed E-state index contributed by atoms with van der Waals surface area (Å²) in [6.07, 6.45) is 6.52. The number of halogens is 1. The van der Waals surface area contributed by atoms with Crippen LogP contribution >= 0.6 is 12.4 Å². The quantitative estimate of drug-likeness (QED) is 0.403. The summed E-state index contributed by atoms with van der Waals surface area (Å²) in [6, 6.07) is 17.3. The van der Waals surface area contributed by atoms with Crippen LogP contribution in [0.25, 0.3) is 44.3 Å². The van der Waals surface area contributed by atoms with Crippen molar-refractivity contribution in [3.05, 3.63) is 82.9 Å². The summed E-state index contributed by atoms with van der Waals surface area (Å²) in [4.78, 5) is 18.4. The molecular weight excluding hydrogens is 436 g/mol. The van der Waals surface area contributed by atoms with E-state index in [0.29, 0.717) is 22.3 Å². The molecule has 1 fully saturated rings.